The Balaban J connectivity index is 1.82. The average Bonchev–Trinajstić information content (AvgIpc) is 2.41. The third kappa shape index (κ3) is 3.41. The number of aliphatic hydroxyl groups excluding tert-OH is 1. The predicted molar refractivity (Wildman–Crippen MR) is 67.8 cm³/mol. The lowest BCUT2D eigenvalue weighted by molar-refractivity contribution is -0.00711. The number of nitrogens with two attached hydrogens (primary N) is 1. The third-order valence-corrected chi connectivity index (χ3v) is 4.51. The number of piperidine rings is 1. The molecule has 2 rings (SSSR count). The van der Waals surface area contributed by atoms with E-state index in [0.29, 0.717) is 12.5 Å². The Morgan fingerprint density at radius 3 is 2.41 bits per heavy atom. The molecular weight excluding hydrogens is 216 g/mol. The Bertz CT molecular complexity index is 221. The Labute approximate surface area is 104 Å². The van der Waals surface area contributed by atoms with E-state index in [-0.39, 0.29) is 5.41 Å². The highest BCUT2D eigenvalue weighted by atomic mass is 16.5. The lowest BCUT2D eigenvalue weighted by Crippen LogP contribution is -2.48. The van der Waals surface area contributed by atoms with Crippen LogP contribution in [0.25, 0.3) is 0 Å². The van der Waals surface area contributed by atoms with E-state index in [1.54, 1.807) is 0 Å². The van der Waals surface area contributed by atoms with Crippen molar-refractivity contribution < 1.29 is 9.84 Å². The molecule has 2 aliphatic rings. The molecule has 4 heteroatoms. The Kier molecular flexibility index (Phi) is 4.79. The molecule has 3 N–H and O–H groups in total. The lowest BCUT2D eigenvalue weighted by atomic mass is 9.79. The molecule has 2 fully saturated rings. The van der Waals surface area contributed by atoms with Crippen molar-refractivity contribution in [2.45, 2.75) is 25.7 Å². The van der Waals surface area contributed by atoms with Gasteiger partial charge in [0.15, 0.2) is 0 Å². The standard InChI is InChI=1S/C13H26N2O2/c14-10-13(3-7-17-8-4-13)11-15-5-1-12(9-16)2-6-15/h12,16H,1-11,14H2. The van der Waals surface area contributed by atoms with Gasteiger partial charge in [0, 0.05) is 26.4 Å². The van der Waals surface area contributed by atoms with Gasteiger partial charge < -0.3 is 20.5 Å². The second-order valence-corrected chi connectivity index (χ2v) is 5.72. The van der Waals surface area contributed by atoms with Crippen LogP contribution < -0.4 is 5.73 Å². The van der Waals surface area contributed by atoms with E-state index in [0.717, 1.165) is 65.1 Å². The number of ether oxygens (including phenoxy) is 1. The molecular formula is C13H26N2O2. The molecule has 4 nitrogen and oxygen atoms in total. The van der Waals surface area contributed by atoms with Crippen LogP contribution in [-0.2, 0) is 4.74 Å². The van der Waals surface area contributed by atoms with E-state index in [1.807, 2.05) is 0 Å². The van der Waals surface area contributed by atoms with Crippen molar-refractivity contribution in [3.05, 3.63) is 0 Å². The van der Waals surface area contributed by atoms with Crippen LogP contribution in [0.3, 0.4) is 0 Å². The molecule has 0 amide bonds. The van der Waals surface area contributed by atoms with Crippen molar-refractivity contribution in [3.63, 3.8) is 0 Å². The van der Waals surface area contributed by atoms with Crippen molar-refractivity contribution in [3.8, 4) is 0 Å². The summed E-state index contributed by atoms with van der Waals surface area (Å²) in [5.41, 5.74) is 6.27. The van der Waals surface area contributed by atoms with Crippen LogP contribution in [0.5, 0.6) is 0 Å². The molecule has 2 heterocycles. The predicted octanol–water partition coefficient (Wildman–Crippen LogP) is 0.446. The molecule has 0 saturated carbocycles. The molecule has 0 bridgehead atoms. The summed E-state index contributed by atoms with van der Waals surface area (Å²) in [7, 11) is 0. The van der Waals surface area contributed by atoms with Gasteiger partial charge in [-0.3, -0.25) is 0 Å². The first-order valence-electron chi connectivity index (χ1n) is 6.89. The molecule has 0 unspecified atom stereocenters. The minimum absolute atomic E-state index is 0.282. The molecule has 100 valence electrons. The van der Waals surface area contributed by atoms with Gasteiger partial charge in [0.2, 0.25) is 0 Å². The highest BCUT2D eigenvalue weighted by molar-refractivity contribution is 4.87. The first-order chi connectivity index (χ1) is 8.28. The monoisotopic (exact) mass is 242 g/mol. The highest BCUT2D eigenvalue weighted by Crippen LogP contribution is 2.31. The lowest BCUT2D eigenvalue weighted by Gasteiger charge is -2.42. The quantitative estimate of drug-likeness (QED) is 0.751. The number of likely N-dealkylation sites (tertiary alicyclic amines) is 1. The molecule has 0 aromatic carbocycles. The van der Waals surface area contributed by atoms with Gasteiger partial charge in [-0.25, -0.2) is 0 Å². The summed E-state index contributed by atoms with van der Waals surface area (Å²) in [4.78, 5) is 2.53. The maximum atomic E-state index is 9.14. The topological polar surface area (TPSA) is 58.7 Å². The van der Waals surface area contributed by atoms with Crippen LogP contribution in [0, 0.1) is 11.3 Å². The number of hydrogen-bond acceptors (Lipinski definition) is 4. The number of rotatable bonds is 4. The summed E-state index contributed by atoms with van der Waals surface area (Å²) in [5.74, 6) is 0.523. The average molecular weight is 242 g/mol. The fraction of sp³-hybridized carbons (Fsp3) is 1.00. The zero-order valence-corrected chi connectivity index (χ0v) is 10.7. The van der Waals surface area contributed by atoms with Gasteiger partial charge in [0.1, 0.15) is 0 Å². The highest BCUT2D eigenvalue weighted by Gasteiger charge is 2.34. The summed E-state index contributed by atoms with van der Waals surface area (Å²) in [6.07, 6.45) is 4.47. The first kappa shape index (κ1) is 13.3. The van der Waals surface area contributed by atoms with Crippen LogP contribution >= 0.6 is 0 Å². The Morgan fingerprint density at radius 1 is 1.24 bits per heavy atom. The van der Waals surface area contributed by atoms with E-state index >= 15 is 0 Å². The van der Waals surface area contributed by atoms with Crippen molar-refractivity contribution in [2.75, 3.05) is 46.0 Å². The molecule has 2 saturated heterocycles. The van der Waals surface area contributed by atoms with Crippen molar-refractivity contribution in [2.24, 2.45) is 17.1 Å². The number of hydrogen-bond donors (Lipinski definition) is 2. The van der Waals surface area contributed by atoms with Gasteiger partial charge in [-0.05, 0) is 56.7 Å². The van der Waals surface area contributed by atoms with E-state index in [9.17, 15) is 0 Å². The van der Waals surface area contributed by atoms with Gasteiger partial charge in [0.25, 0.3) is 0 Å². The Hall–Kier alpha value is -0.160. The molecule has 0 atom stereocenters. The molecule has 0 radical (unpaired) electrons. The second-order valence-electron chi connectivity index (χ2n) is 5.72. The van der Waals surface area contributed by atoms with E-state index in [2.05, 4.69) is 4.90 Å². The fourth-order valence-electron chi connectivity index (χ4n) is 3.03. The fourth-order valence-corrected chi connectivity index (χ4v) is 3.03. The third-order valence-electron chi connectivity index (χ3n) is 4.51. The van der Waals surface area contributed by atoms with Crippen molar-refractivity contribution in [1.82, 2.24) is 4.90 Å². The molecule has 2 aliphatic heterocycles. The molecule has 0 aliphatic carbocycles. The molecule has 0 aromatic rings. The van der Waals surface area contributed by atoms with Crippen molar-refractivity contribution >= 4 is 0 Å². The van der Waals surface area contributed by atoms with Crippen LogP contribution in [0.4, 0.5) is 0 Å². The summed E-state index contributed by atoms with van der Waals surface area (Å²) < 4.78 is 5.44. The van der Waals surface area contributed by atoms with Crippen LogP contribution in [0.2, 0.25) is 0 Å². The molecule has 0 aromatic heterocycles. The van der Waals surface area contributed by atoms with E-state index in [1.165, 1.54) is 0 Å². The Morgan fingerprint density at radius 2 is 1.88 bits per heavy atom. The van der Waals surface area contributed by atoms with Crippen molar-refractivity contribution in [1.29, 1.82) is 0 Å². The maximum Gasteiger partial charge on any atom is 0.0472 e. The van der Waals surface area contributed by atoms with Gasteiger partial charge in [-0.15, -0.1) is 0 Å². The molecule has 17 heavy (non-hydrogen) atoms. The second kappa shape index (κ2) is 6.14. The normalized spacial score (nSPS) is 27.2. The minimum Gasteiger partial charge on any atom is -0.396 e. The minimum atomic E-state index is 0.282. The zero-order valence-electron chi connectivity index (χ0n) is 10.7. The SMILES string of the molecule is NCC1(CN2CCC(CO)CC2)CCOCC1. The van der Waals surface area contributed by atoms with Crippen LogP contribution in [0.15, 0.2) is 0 Å². The zero-order chi connectivity index (χ0) is 12.1. The maximum absolute atomic E-state index is 9.14. The van der Waals surface area contributed by atoms with Gasteiger partial charge in [-0.1, -0.05) is 0 Å². The van der Waals surface area contributed by atoms with Gasteiger partial charge in [0.05, 0.1) is 0 Å². The number of nitrogens with zero attached hydrogens (tertiary/aromatic N) is 1. The van der Waals surface area contributed by atoms with Gasteiger partial charge in [-0.2, -0.15) is 0 Å². The first-order valence-corrected chi connectivity index (χ1v) is 6.89. The summed E-state index contributed by atoms with van der Waals surface area (Å²) in [6, 6.07) is 0. The van der Waals surface area contributed by atoms with E-state index < -0.39 is 0 Å². The van der Waals surface area contributed by atoms with Crippen LogP contribution in [-0.4, -0.2) is 56.0 Å². The smallest absolute Gasteiger partial charge is 0.0472 e. The number of aliphatic hydroxyl groups is 1. The molecule has 0 spiro atoms. The summed E-state index contributed by atoms with van der Waals surface area (Å²) >= 11 is 0. The largest absolute Gasteiger partial charge is 0.396 e. The van der Waals surface area contributed by atoms with Crippen LogP contribution in [0.1, 0.15) is 25.7 Å². The summed E-state index contributed by atoms with van der Waals surface area (Å²) in [6.45, 7) is 6.21. The van der Waals surface area contributed by atoms with E-state index in [4.69, 9.17) is 15.6 Å². The van der Waals surface area contributed by atoms with Gasteiger partial charge >= 0.3 is 0 Å². The summed E-state index contributed by atoms with van der Waals surface area (Å²) in [5, 5.41) is 9.14.